The highest BCUT2D eigenvalue weighted by molar-refractivity contribution is 5.61. The van der Waals surface area contributed by atoms with Crippen molar-refractivity contribution in [3.05, 3.63) is 35.7 Å². The van der Waals surface area contributed by atoms with Crippen molar-refractivity contribution < 1.29 is 4.74 Å². The first-order valence-corrected chi connectivity index (χ1v) is 6.35. The van der Waals surface area contributed by atoms with Gasteiger partial charge in [-0.3, -0.25) is 4.68 Å². The van der Waals surface area contributed by atoms with Gasteiger partial charge in [0.15, 0.2) is 0 Å². The average molecular weight is 260 g/mol. The standard InChI is InChI=1S/C14H20N4O/c1-4-19-14-7-12(5-6-13(14)15)16-8-11-9-18(3)17-10(11)2/h5-7,9,16H,4,8,15H2,1-3H3. The van der Waals surface area contributed by atoms with Gasteiger partial charge in [-0.15, -0.1) is 0 Å². The molecule has 5 nitrogen and oxygen atoms in total. The van der Waals surface area contributed by atoms with Crippen molar-refractivity contribution in [1.29, 1.82) is 0 Å². The molecule has 2 aromatic rings. The molecule has 0 saturated carbocycles. The fourth-order valence-corrected chi connectivity index (χ4v) is 1.94. The van der Waals surface area contributed by atoms with Crippen LogP contribution in [0, 0.1) is 6.92 Å². The number of benzene rings is 1. The summed E-state index contributed by atoms with van der Waals surface area (Å²) in [5.74, 6) is 0.718. The van der Waals surface area contributed by atoms with Gasteiger partial charge in [-0.2, -0.15) is 5.10 Å². The molecule has 1 aromatic heterocycles. The number of anilines is 2. The quantitative estimate of drug-likeness (QED) is 0.810. The predicted octanol–water partition coefficient (Wildman–Crippen LogP) is 2.32. The van der Waals surface area contributed by atoms with E-state index in [0.29, 0.717) is 12.3 Å². The van der Waals surface area contributed by atoms with Crippen molar-refractivity contribution in [1.82, 2.24) is 9.78 Å². The lowest BCUT2D eigenvalue weighted by Gasteiger charge is -2.10. The Hall–Kier alpha value is -2.17. The Morgan fingerprint density at radius 1 is 1.42 bits per heavy atom. The van der Waals surface area contributed by atoms with Crippen molar-refractivity contribution in [2.24, 2.45) is 7.05 Å². The number of nitrogens with one attached hydrogen (secondary N) is 1. The SMILES string of the molecule is CCOc1cc(NCc2cn(C)nc2C)ccc1N. The molecule has 0 aliphatic carbocycles. The molecule has 19 heavy (non-hydrogen) atoms. The van der Waals surface area contributed by atoms with Crippen molar-refractivity contribution >= 4 is 11.4 Å². The molecule has 0 bridgehead atoms. The second kappa shape index (κ2) is 5.65. The summed E-state index contributed by atoms with van der Waals surface area (Å²) >= 11 is 0. The molecule has 3 N–H and O–H groups in total. The Morgan fingerprint density at radius 2 is 2.21 bits per heavy atom. The number of rotatable bonds is 5. The maximum atomic E-state index is 5.84. The largest absolute Gasteiger partial charge is 0.492 e. The minimum Gasteiger partial charge on any atom is -0.492 e. The van der Waals surface area contributed by atoms with Gasteiger partial charge in [-0.25, -0.2) is 0 Å². The van der Waals surface area contributed by atoms with E-state index in [2.05, 4.69) is 10.4 Å². The highest BCUT2D eigenvalue weighted by Crippen LogP contribution is 2.25. The van der Waals surface area contributed by atoms with Crippen molar-refractivity contribution in [3.8, 4) is 5.75 Å². The maximum absolute atomic E-state index is 5.84. The monoisotopic (exact) mass is 260 g/mol. The van der Waals surface area contributed by atoms with Gasteiger partial charge in [0, 0.05) is 37.1 Å². The summed E-state index contributed by atoms with van der Waals surface area (Å²) in [6, 6.07) is 5.72. The van der Waals surface area contributed by atoms with Gasteiger partial charge in [0.05, 0.1) is 18.0 Å². The van der Waals surface area contributed by atoms with Crippen LogP contribution in [0.3, 0.4) is 0 Å². The fourth-order valence-electron chi connectivity index (χ4n) is 1.94. The maximum Gasteiger partial charge on any atom is 0.144 e. The first-order chi connectivity index (χ1) is 9.10. The molecule has 1 aromatic carbocycles. The minimum absolute atomic E-state index is 0.607. The Balaban J connectivity index is 2.07. The summed E-state index contributed by atoms with van der Waals surface area (Å²) in [6.07, 6.45) is 2.02. The van der Waals surface area contributed by atoms with Crippen LogP contribution in [0.1, 0.15) is 18.2 Å². The second-order valence-corrected chi connectivity index (χ2v) is 4.45. The lowest BCUT2D eigenvalue weighted by Crippen LogP contribution is -2.02. The highest BCUT2D eigenvalue weighted by Gasteiger charge is 2.05. The first kappa shape index (κ1) is 13.3. The molecular formula is C14H20N4O. The van der Waals surface area contributed by atoms with Crippen LogP contribution in [0.2, 0.25) is 0 Å². The molecule has 102 valence electrons. The molecule has 0 atom stereocenters. The molecule has 0 aliphatic heterocycles. The molecule has 1 heterocycles. The van der Waals surface area contributed by atoms with Gasteiger partial charge < -0.3 is 15.8 Å². The van der Waals surface area contributed by atoms with Crippen LogP contribution in [0.25, 0.3) is 0 Å². The van der Waals surface area contributed by atoms with Crippen LogP contribution in [-0.2, 0) is 13.6 Å². The minimum atomic E-state index is 0.607. The Bertz CT molecular complexity index is 563. The molecule has 0 unspecified atom stereocenters. The van der Waals surface area contributed by atoms with Gasteiger partial charge in [0.1, 0.15) is 5.75 Å². The molecule has 0 aliphatic rings. The van der Waals surface area contributed by atoms with E-state index >= 15 is 0 Å². The van der Waals surface area contributed by atoms with Crippen LogP contribution in [0.4, 0.5) is 11.4 Å². The number of aromatic nitrogens is 2. The number of nitrogens with two attached hydrogens (primary N) is 1. The Morgan fingerprint density at radius 3 is 2.84 bits per heavy atom. The van der Waals surface area contributed by atoms with E-state index in [-0.39, 0.29) is 0 Å². The van der Waals surface area contributed by atoms with Gasteiger partial charge in [-0.05, 0) is 26.0 Å². The lowest BCUT2D eigenvalue weighted by molar-refractivity contribution is 0.342. The van der Waals surface area contributed by atoms with E-state index in [1.165, 1.54) is 5.56 Å². The van der Waals surface area contributed by atoms with Crippen molar-refractivity contribution in [2.45, 2.75) is 20.4 Å². The molecule has 0 fully saturated rings. The van der Waals surface area contributed by atoms with Gasteiger partial charge in [-0.1, -0.05) is 0 Å². The van der Waals surface area contributed by atoms with E-state index in [0.717, 1.165) is 23.7 Å². The third kappa shape index (κ3) is 3.19. The number of hydrogen-bond donors (Lipinski definition) is 2. The van der Waals surface area contributed by atoms with E-state index in [1.54, 1.807) is 0 Å². The zero-order chi connectivity index (χ0) is 13.8. The number of hydrogen-bond acceptors (Lipinski definition) is 4. The molecule has 5 heteroatoms. The molecular weight excluding hydrogens is 240 g/mol. The zero-order valence-corrected chi connectivity index (χ0v) is 11.6. The number of ether oxygens (including phenoxy) is 1. The van der Waals surface area contributed by atoms with Gasteiger partial charge in [0.25, 0.3) is 0 Å². The molecule has 0 spiro atoms. The normalized spacial score (nSPS) is 10.5. The highest BCUT2D eigenvalue weighted by atomic mass is 16.5. The summed E-state index contributed by atoms with van der Waals surface area (Å²) in [5.41, 5.74) is 9.70. The predicted molar refractivity (Wildman–Crippen MR) is 77.3 cm³/mol. The third-order valence-corrected chi connectivity index (χ3v) is 2.91. The van der Waals surface area contributed by atoms with Crippen LogP contribution < -0.4 is 15.8 Å². The molecule has 2 rings (SSSR count). The van der Waals surface area contributed by atoms with Crippen LogP contribution >= 0.6 is 0 Å². The van der Waals surface area contributed by atoms with E-state index in [9.17, 15) is 0 Å². The zero-order valence-electron chi connectivity index (χ0n) is 11.6. The van der Waals surface area contributed by atoms with Crippen LogP contribution in [0.15, 0.2) is 24.4 Å². The summed E-state index contributed by atoms with van der Waals surface area (Å²) in [7, 11) is 1.92. The summed E-state index contributed by atoms with van der Waals surface area (Å²) in [6.45, 7) is 5.29. The summed E-state index contributed by atoms with van der Waals surface area (Å²) in [4.78, 5) is 0. The number of nitrogens with zero attached hydrogens (tertiary/aromatic N) is 2. The van der Waals surface area contributed by atoms with Gasteiger partial charge in [0.2, 0.25) is 0 Å². The lowest BCUT2D eigenvalue weighted by atomic mass is 10.2. The molecule has 0 amide bonds. The molecule has 0 radical (unpaired) electrons. The fraction of sp³-hybridized carbons (Fsp3) is 0.357. The number of aryl methyl sites for hydroxylation is 2. The Labute approximate surface area is 113 Å². The Kier molecular flexibility index (Phi) is 3.94. The summed E-state index contributed by atoms with van der Waals surface area (Å²) in [5, 5.41) is 7.67. The molecule has 0 saturated heterocycles. The van der Waals surface area contributed by atoms with Crippen LogP contribution in [-0.4, -0.2) is 16.4 Å². The summed E-state index contributed by atoms with van der Waals surface area (Å²) < 4.78 is 7.30. The third-order valence-electron chi connectivity index (χ3n) is 2.91. The average Bonchev–Trinajstić information content (AvgIpc) is 2.69. The van der Waals surface area contributed by atoms with Crippen molar-refractivity contribution in [3.63, 3.8) is 0 Å². The smallest absolute Gasteiger partial charge is 0.144 e. The van der Waals surface area contributed by atoms with E-state index < -0.39 is 0 Å². The number of nitrogen functional groups attached to an aromatic ring is 1. The first-order valence-electron chi connectivity index (χ1n) is 6.35. The second-order valence-electron chi connectivity index (χ2n) is 4.45. The van der Waals surface area contributed by atoms with Gasteiger partial charge >= 0.3 is 0 Å². The van der Waals surface area contributed by atoms with Crippen molar-refractivity contribution in [2.75, 3.05) is 17.7 Å². The van der Waals surface area contributed by atoms with E-state index in [1.807, 2.05) is 50.0 Å². The topological polar surface area (TPSA) is 65.1 Å². The van der Waals surface area contributed by atoms with Crippen LogP contribution in [0.5, 0.6) is 5.75 Å². The van der Waals surface area contributed by atoms with E-state index in [4.69, 9.17) is 10.5 Å².